The molecule has 3 aromatic rings. The molecule has 0 saturated carbocycles. The van der Waals surface area contributed by atoms with E-state index in [1.54, 1.807) is 25.4 Å². The topological polar surface area (TPSA) is 133 Å². The van der Waals surface area contributed by atoms with Crippen molar-refractivity contribution >= 4 is 15.7 Å². The Labute approximate surface area is 184 Å². The number of amides is 1. The second-order valence-corrected chi connectivity index (χ2v) is 9.58. The summed E-state index contributed by atoms with van der Waals surface area (Å²) < 4.78 is 36.8. The molecule has 1 saturated heterocycles. The minimum atomic E-state index is -4.09. The Morgan fingerprint density at radius 1 is 1.12 bits per heavy atom. The average Bonchev–Trinajstić information content (AvgIpc) is 3.34. The van der Waals surface area contributed by atoms with Crippen LogP contribution in [0.15, 0.2) is 59.6 Å². The summed E-state index contributed by atoms with van der Waals surface area (Å²) in [6.45, 7) is 0.218. The molecule has 168 valence electrons. The van der Waals surface area contributed by atoms with Crippen molar-refractivity contribution in [3.8, 4) is 22.7 Å². The minimum Gasteiger partial charge on any atom is -0.497 e. The van der Waals surface area contributed by atoms with Crippen molar-refractivity contribution in [2.75, 3.05) is 20.3 Å². The Morgan fingerprint density at radius 3 is 2.38 bits per heavy atom. The normalized spacial score (nSPS) is 15.8. The van der Waals surface area contributed by atoms with E-state index in [1.807, 2.05) is 24.3 Å². The maximum atomic E-state index is 13.3. The van der Waals surface area contributed by atoms with Crippen molar-refractivity contribution in [1.82, 2.24) is 20.5 Å². The van der Waals surface area contributed by atoms with Crippen LogP contribution in [-0.2, 0) is 19.4 Å². The summed E-state index contributed by atoms with van der Waals surface area (Å²) >= 11 is 0. The molecule has 4 rings (SSSR count). The van der Waals surface area contributed by atoms with Crippen LogP contribution in [0.25, 0.3) is 16.9 Å². The number of carbonyl (C=O) groups excluding carboxylic acids is 1. The monoisotopic (exact) mass is 458 g/mol. The fourth-order valence-electron chi connectivity index (χ4n) is 3.71. The minimum absolute atomic E-state index is 0.0257. The Morgan fingerprint density at radius 2 is 1.78 bits per heavy atom. The van der Waals surface area contributed by atoms with Crippen LogP contribution in [0, 0.1) is 0 Å². The molecule has 1 aliphatic heterocycles. The van der Waals surface area contributed by atoms with Gasteiger partial charge < -0.3 is 9.47 Å². The molecule has 0 bridgehead atoms. The van der Waals surface area contributed by atoms with E-state index in [0.717, 1.165) is 11.3 Å². The molecule has 1 fully saturated rings. The summed E-state index contributed by atoms with van der Waals surface area (Å²) in [6.07, 6.45) is 1.64. The largest absolute Gasteiger partial charge is 0.497 e. The second kappa shape index (κ2) is 8.69. The molecule has 32 heavy (non-hydrogen) atoms. The molecule has 0 atom stereocenters. The standard InChI is InChI=1S/C21H22N4O6S/c1-30-17-6-2-15(3-7-17)19-14-25(24-22-19)16-4-8-18(9-5-16)32(28,29)21(20(26)23-27)10-12-31-13-11-21/h2-9,14,27H,10-13H2,1H3,(H,23,26). The highest BCUT2D eigenvalue weighted by molar-refractivity contribution is 7.93. The van der Waals surface area contributed by atoms with Gasteiger partial charge in [0.15, 0.2) is 14.6 Å². The van der Waals surface area contributed by atoms with Gasteiger partial charge in [0, 0.05) is 18.8 Å². The van der Waals surface area contributed by atoms with Gasteiger partial charge in [-0.25, -0.2) is 18.6 Å². The van der Waals surface area contributed by atoms with Gasteiger partial charge in [0.2, 0.25) is 0 Å². The zero-order valence-electron chi connectivity index (χ0n) is 17.3. The van der Waals surface area contributed by atoms with E-state index in [2.05, 4.69) is 10.3 Å². The van der Waals surface area contributed by atoms with E-state index in [0.29, 0.717) is 11.4 Å². The number of nitrogens with one attached hydrogen (secondary N) is 1. The van der Waals surface area contributed by atoms with Crippen molar-refractivity contribution in [1.29, 1.82) is 0 Å². The van der Waals surface area contributed by atoms with Gasteiger partial charge in [0.05, 0.1) is 23.9 Å². The van der Waals surface area contributed by atoms with Crippen molar-refractivity contribution in [3.63, 3.8) is 0 Å². The van der Waals surface area contributed by atoms with Gasteiger partial charge in [-0.05, 0) is 61.4 Å². The first kappa shape index (κ1) is 21.9. The Balaban J connectivity index is 1.61. The van der Waals surface area contributed by atoms with Crippen LogP contribution in [0.1, 0.15) is 12.8 Å². The van der Waals surface area contributed by atoms with Crippen LogP contribution in [0.4, 0.5) is 0 Å². The first-order valence-electron chi connectivity index (χ1n) is 9.85. The SMILES string of the molecule is COc1ccc(-c2cn(-c3ccc(S(=O)(=O)C4(C(=O)NO)CCOCC4)cc3)nn2)cc1. The molecule has 0 radical (unpaired) electrons. The fourth-order valence-corrected chi connectivity index (χ4v) is 5.65. The number of methoxy groups -OCH3 is 1. The summed E-state index contributed by atoms with van der Waals surface area (Å²) in [6, 6.07) is 13.4. The highest BCUT2D eigenvalue weighted by atomic mass is 32.2. The quantitative estimate of drug-likeness (QED) is 0.422. The number of ether oxygens (including phenoxy) is 2. The predicted octanol–water partition coefficient (Wildman–Crippen LogP) is 1.77. The molecular weight excluding hydrogens is 436 g/mol. The molecule has 1 aromatic heterocycles. The number of carbonyl (C=O) groups is 1. The van der Waals surface area contributed by atoms with Crippen molar-refractivity contribution in [3.05, 3.63) is 54.7 Å². The number of rotatable bonds is 6. The lowest BCUT2D eigenvalue weighted by atomic mass is 9.98. The van der Waals surface area contributed by atoms with Gasteiger partial charge >= 0.3 is 0 Å². The number of hydrogen-bond acceptors (Lipinski definition) is 8. The molecule has 0 spiro atoms. The van der Waals surface area contributed by atoms with E-state index >= 15 is 0 Å². The van der Waals surface area contributed by atoms with Gasteiger partial charge in [-0.2, -0.15) is 0 Å². The third-order valence-corrected chi connectivity index (χ3v) is 8.14. The first-order valence-corrected chi connectivity index (χ1v) is 11.3. The lowest BCUT2D eigenvalue weighted by molar-refractivity contribution is -0.134. The summed E-state index contributed by atoms with van der Waals surface area (Å²) in [4.78, 5) is 12.3. The summed E-state index contributed by atoms with van der Waals surface area (Å²) in [5, 5.41) is 17.4. The lowest BCUT2D eigenvalue weighted by Crippen LogP contribution is -2.54. The molecular formula is C21H22N4O6S. The third kappa shape index (κ3) is 3.74. The van der Waals surface area contributed by atoms with Crippen LogP contribution in [0.5, 0.6) is 5.75 Å². The zero-order chi connectivity index (χ0) is 22.8. The maximum Gasteiger partial charge on any atom is 0.265 e. The fraction of sp³-hybridized carbons (Fsp3) is 0.286. The number of hydrogen-bond donors (Lipinski definition) is 2. The maximum absolute atomic E-state index is 13.3. The average molecular weight is 458 g/mol. The van der Waals surface area contributed by atoms with Crippen LogP contribution < -0.4 is 10.2 Å². The van der Waals surface area contributed by atoms with E-state index in [4.69, 9.17) is 14.7 Å². The highest BCUT2D eigenvalue weighted by Gasteiger charge is 2.52. The van der Waals surface area contributed by atoms with Crippen molar-refractivity contribution < 1.29 is 27.9 Å². The van der Waals surface area contributed by atoms with Crippen LogP contribution in [0.3, 0.4) is 0 Å². The highest BCUT2D eigenvalue weighted by Crippen LogP contribution is 2.35. The van der Waals surface area contributed by atoms with Crippen LogP contribution >= 0.6 is 0 Å². The Bertz CT molecular complexity index is 1200. The number of benzene rings is 2. The van der Waals surface area contributed by atoms with E-state index in [-0.39, 0.29) is 31.0 Å². The summed E-state index contributed by atoms with van der Waals surface area (Å²) in [5.74, 6) is -0.222. The van der Waals surface area contributed by atoms with Crippen LogP contribution in [-0.4, -0.2) is 59.6 Å². The van der Waals surface area contributed by atoms with Gasteiger partial charge in [-0.15, -0.1) is 5.10 Å². The van der Waals surface area contributed by atoms with Crippen LogP contribution in [0.2, 0.25) is 0 Å². The number of sulfone groups is 1. The Hall–Kier alpha value is -3.28. The number of nitrogens with zero attached hydrogens (tertiary/aromatic N) is 3. The number of hydroxylamine groups is 1. The molecule has 2 aromatic carbocycles. The zero-order valence-corrected chi connectivity index (χ0v) is 18.1. The van der Waals surface area contributed by atoms with E-state index in [9.17, 15) is 13.2 Å². The van der Waals surface area contributed by atoms with Gasteiger partial charge in [-0.3, -0.25) is 10.0 Å². The molecule has 2 N–H and O–H groups in total. The molecule has 11 heteroatoms. The van der Waals surface area contributed by atoms with Gasteiger partial charge in [0.1, 0.15) is 11.4 Å². The molecule has 0 aliphatic carbocycles. The summed E-state index contributed by atoms with van der Waals surface area (Å²) in [5.41, 5.74) is 3.61. The molecule has 1 amide bonds. The van der Waals surface area contributed by atoms with E-state index < -0.39 is 20.5 Å². The van der Waals surface area contributed by atoms with Gasteiger partial charge in [-0.1, -0.05) is 5.21 Å². The van der Waals surface area contributed by atoms with E-state index in [1.165, 1.54) is 22.3 Å². The third-order valence-electron chi connectivity index (χ3n) is 5.62. The second-order valence-electron chi connectivity index (χ2n) is 7.32. The first-order chi connectivity index (χ1) is 15.4. The molecule has 0 unspecified atom stereocenters. The van der Waals surface area contributed by atoms with Crippen molar-refractivity contribution in [2.45, 2.75) is 22.5 Å². The molecule has 1 aliphatic rings. The smallest absolute Gasteiger partial charge is 0.265 e. The summed E-state index contributed by atoms with van der Waals surface area (Å²) in [7, 11) is -2.50. The number of aromatic nitrogens is 3. The van der Waals surface area contributed by atoms with Crippen molar-refractivity contribution in [2.24, 2.45) is 0 Å². The molecule has 2 heterocycles. The Kier molecular flexibility index (Phi) is 5.96. The lowest BCUT2D eigenvalue weighted by Gasteiger charge is -2.34. The molecule has 10 nitrogen and oxygen atoms in total. The predicted molar refractivity (Wildman–Crippen MR) is 113 cm³/mol. The van der Waals surface area contributed by atoms with Gasteiger partial charge in [0.25, 0.3) is 5.91 Å².